The molecule has 1 heterocycles. The van der Waals surface area contributed by atoms with Crippen molar-refractivity contribution >= 4 is 0 Å². The van der Waals surface area contributed by atoms with Crippen LogP contribution in [0.25, 0.3) is 0 Å². The Bertz CT molecular complexity index is 303. The van der Waals surface area contributed by atoms with E-state index in [1.54, 1.807) is 0 Å². The quantitative estimate of drug-likeness (QED) is 0.785. The van der Waals surface area contributed by atoms with E-state index in [4.69, 9.17) is 5.73 Å². The van der Waals surface area contributed by atoms with Crippen LogP contribution in [-0.4, -0.2) is 16.1 Å². The minimum Gasteiger partial charge on any atom is -0.337 e. The number of hydrogen-bond donors (Lipinski definition) is 1. The van der Waals surface area contributed by atoms with Crippen LogP contribution in [0, 0.1) is 5.92 Å². The van der Waals surface area contributed by atoms with Crippen molar-refractivity contribution in [3.63, 3.8) is 0 Å². The van der Waals surface area contributed by atoms with Gasteiger partial charge in [-0.1, -0.05) is 0 Å². The topological polar surface area (TPSA) is 43.8 Å². The highest BCUT2D eigenvalue weighted by molar-refractivity contribution is 5.16. The molecular weight excluding hydrogens is 174 g/mol. The van der Waals surface area contributed by atoms with Crippen molar-refractivity contribution in [1.29, 1.82) is 0 Å². The maximum Gasteiger partial charge on any atom is 0.0949 e. The van der Waals surface area contributed by atoms with Gasteiger partial charge in [-0.25, -0.2) is 4.98 Å². The van der Waals surface area contributed by atoms with Crippen LogP contribution in [0.4, 0.5) is 0 Å². The summed E-state index contributed by atoms with van der Waals surface area (Å²) < 4.78 is 2.16. The second kappa shape index (κ2) is 4.13. The van der Waals surface area contributed by atoms with Crippen LogP contribution in [-0.2, 0) is 19.9 Å². The fourth-order valence-electron chi connectivity index (χ4n) is 2.36. The first-order valence-electron chi connectivity index (χ1n) is 5.50. The molecule has 0 aromatic carbocycles. The first kappa shape index (κ1) is 9.71. The van der Waals surface area contributed by atoms with Gasteiger partial charge in [0.05, 0.1) is 12.0 Å². The third-order valence-corrected chi connectivity index (χ3v) is 3.23. The van der Waals surface area contributed by atoms with E-state index in [1.165, 1.54) is 30.7 Å². The molecule has 14 heavy (non-hydrogen) atoms. The van der Waals surface area contributed by atoms with E-state index in [-0.39, 0.29) is 0 Å². The highest BCUT2D eigenvalue weighted by atomic mass is 15.0. The van der Waals surface area contributed by atoms with E-state index < -0.39 is 0 Å². The molecule has 1 aromatic rings. The molecular formula is C11H19N3. The summed E-state index contributed by atoms with van der Waals surface area (Å²) in [6.45, 7) is 0.825. The lowest BCUT2D eigenvalue weighted by molar-refractivity contribution is 0.408. The summed E-state index contributed by atoms with van der Waals surface area (Å²) in [6, 6.07) is 0. The normalized spacial score (nSPS) is 20.9. The zero-order valence-corrected chi connectivity index (χ0v) is 8.87. The molecule has 0 radical (unpaired) electrons. The number of imidazole rings is 1. The number of aryl methyl sites for hydroxylation is 1. The highest BCUT2D eigenvalue weighted by Gasteiger charge is 2.21. The fraction of sp³-hybridized carbons (Fsp3) is 0.727. The maximum absolute atomic E-state index is 5.52. The van der Waals surface area contributed by atoms with Gasteiger partial charge in [-0.05, 0) is 44.6 Å². The number of nitrogens with zero attached hydrogens (tertiary/aromatic N) is 2. The third kappa shape index (κ3) is 1.82. The van der Waals surface area contributed by atoms with Crippen LogP contribution in [0.15, 0.2) is 6.33 Å². The SMILES string of the molecule is Cn1cnc2c1CCC(CCCN)C2. The minimum atomic E-state index is 0.820. The maximum atomic E-state index is 5.52. The molecule has 1 aliphatic carbocycles. The van der Waals surface area contributed by atoms with E-state index in [2.05, 4.69) is 16.6 Å². The number of aromatic nitrogens is 2. The van der Waals surface area contributed by atoms with Crippen molar-refractivity contribution in [2.75, 3.05) is 6.54 Å². The minimum absolute atomic E-state index is 0.820. The first-order valence-corrected chi connectivity index (χ1v) is 5.50. The van der Waals surface area contributed by atoms with Gasteiger partial charge < -0.3 is 10.3 Å². The van der Waals surface area contributed by atoms with Gasteiger partial charge in [-0.2, -0.15) is 0 Å². The Morgan fingerprint density at radius 3 is 3.29 bits per heavy atom. The molecule has 78 valence electrons. The zero-order chi connectivity index (χ0) is 9.97. The summed E-state index contributed by atoms with van der Waals surface area (Å²) >= 11 is 0. The van der Waals surface area contributed by atoms with Crippen LogP contribution in [0.3, 0.4) is 0 Å². The van der Waals surface area contributed by atoms with Gasteiger partial charge in [-0.15, -0.1) is 0 Å². The lowest BCUT2D eigenvalue weighted by Crippen LogP contribution is -2.16. The molecule has 2 N–H and O–H groups in total. The Morgan fingerprint density at radius 2 is 2.50 bits per heavy atom. The van der Waals surface area contributed by atoms with Crippen molar-refractivity contribution < 1.29 is 0 Å². The molecule has 1 aliphatic rings. The predicted molar refractivity (Wildman–Crippen MR) is 57.0 cm³/mol. The second-order valence-corrected chi connectivity index (χ2v) is 4.29. The van der Waals surface area contributed by atoms with Crippen LogP contribution >= 0.6 is 0 Å². The smallest absolute Gasteiger partial charge is 0.0949 e. The molecule has 3 heteroatoms. The predicted octanol–water partition coefficient (Wildman–Crippen LogP) is 1.26. The van der Waals surface area contributed by atoms with E-state index in [9.17, 15) is 0 Å². The van der Waals surface area contributed by atoms with Gasteiger partial charge in [0.25, 0.3) is 0 Å². The first-order chi connectivity index (χ1) is 6.81. The van der Waals surface area contributed by atoms with Crippen molar-refractivity contribution in [3.8, 4) is 0 Å². The molecule has 0 saturated carbocycles. The summed E-state index contributed by atoms with van der Waals surface area (Å²) in [4.78, 5) is 4.45. The van der Waals surface area contributed by atoms with Crippen molar-refractivity contribution in [2.24, 2.45) is 18.7 Å². The Balaban J connectivity index is 1.99. The van der Waals surface area contributed by atoms with Gasteiger partial charge in [0.1, 0.15) is 0 Å². The number of rotatable bonds is 3. The zero-order valence-electron chi connectivity index (χ0n) is 8.87. The summed E-state index contributed by atoms with van der Waals surface area (Å²) in [6.07, 6.45) is 8.04. The molecule has 3 nitrogen and oxygen atoms in total. The Hall–Kier alpha value is -0.830. The lowest BCUT2D eigenvalue weighted by atomic mass is 9.86. The van der Waals surface area contributed by atoms with Crippen LogP contribution in [0.5, 0.6) is 0 Å². The Morgan fingerprint density at radius 1 is 1.64 bits per heavy atom. The van der Waals surface area contributed by atoms with Gasteiger partial charge in [-0.3, -0.25) is 0 Å². The summed E-state index contributed by atoms with van der Waals surface area (Å²) in [5.74, 6) is 0.820. The molecule has 1 aromatic heterocycles. The van der Waals surface area contributed by atoms with Crippen LogP contribution < -0.4 is 5.73 Å². The Kier molecular flexibility index (Phi) is 2.87. The molecule has 1 atom stereocenters. The van der Waals surface area contributed by atoms with Crippen molar-refractivity contribution in [3.05, 3.63) is 17.7 Å². The van der Waals surface area contributed by atoms with Gasteiger partial charge in [0.15, 0.2) is 0 Å². The number of hydrogen-bond acceptors (Lipinski definition) is 2. The van der Waals surface area contributed by atoms with Crippen molar-refractivity contribution in [1.82, 2.24) is 9.55 Å². The third-order valence-electron chi connectivity index (χ3n) is 3.23. The summed E-state index contributed by atoms with van der Waals surface area (Å²) in [7, 11) is 2.09. The van der Waals surface area contributed by atoms with Gasteiger partial charge in [0.2, 0.25) is 0 Å². The van der Waals surface area contributed by atoms with Crippen LogP contribution in [0.1, 0.15) is 30.7 Å². The standard InChI is InChI=1S/C11H19N3/c1-14-8-13-10-7-9(3-2-6-12)4-5-11(10)14/h8-9H,2-7,12H2,1H3. The fourth-order valence-corrected chi connectivity index (χ4v) is 2.36. The average molecular weight is 193 g/mol. The molecule has 2 rings (SSSR count). The molecule has 0 bridgehead atoms. The highest BCUT2D eigenvalue weighted by Crippen LogP contribution is 2.26. The van der Waals surface area contributed by atoms with Gasteiger partial charge >= 0.3 is 0 Å². The molecule has 0 fully saturated rings. The average Bonchev–Trinajstić information content (AvgIpc) is 2.57. The largest absolute Gasteiger partial charge is 0.337 e. The second-order valence-electron chi connectivity index (χ2n) is 4.29. The summed E-state index contributed by atoms with van der Waals surface area (Å²) in [5, 5.41) is 0. The molecule has 0 aliphatic heterocycles. The van der Waals surface area contributed by atoms with E-state index in [0.717, 1.165) is 25.3 Å². The van der Waals surface area contributed by atoms with Crippen LogP contribution in [0.2, 0.25) is 0 Å². The monoisotopic (exact) mass is 193 g/mol. The van der Waals surface area contributed by atoms with E-state index in [0.29, 0.717) is 0 Å². The molecule has 0 spiro atoms. The van der Waals surface area contributed by atoms with E-state index >= 15 is 0 Å². The Labute approximate surface area is 85.3 Å². The van der Waals surface area contributed by atoms with E-state index in [1.807, 2.05) is 6.33 Å². The van der Waals surface area contributed by atoms with Gasteiger partial charge in [0, 0.05) is 12.7 Å². The number of nitrogens with two attached hydrogens (primary N) is 1. The van der Waals surface area contributed by atoms with Crippen molar-refractivity contribution in [2.45, 2.75) is 32.1 Å². The summed E-state index contributed by atoms with van der Waals surface area (Å²) in [5.41, 5.74) is 8.28. The molecule has 0 amide bonds. The lowest BCUT2D eigenvalue weighted by Gasteiger charge is -2.21. The molecule has 1 unspecified atom stereocenters. The molecule has 0 saturated heterocycles. The number of fused-ring (bicyclic) bond motifs is 1.